The molecular formula is C28H31N5O3. The number of pyridine rings is 1. The van der Waals surface area contributed by atoms with Gasteiger partial charge in [0.2, 0.25) is 5.91 Å². The average molecular weight is 486 g/mol. The van der Waals surface area contributed by atoms with Crippen LogP contribution in [0.1, 0.15) is 31.7 Å². The molecule has 186 valence electrons. The molecule has 8 nitrogen and oxygen atoms in total. The normalized spacial score (nSPS) is 12.8. The Morgan fingerprint density at radius 3 is 2.64 bits per heavy atom. The van der Waals surface area contributed by atoms with Crippen LogP contribution in [0.15, 0.2) is 60.7 Å². The van der Waals surface area contributed by atoms with Crippen LogP contribution in [0.5, 0.6) is 11.5 Å². The van der Waals surface area contributed by atoms with Crippen molar-refractivity contribution in [1.82, 2.24) is 19.5 Å². The van der Waals surface area contributed by atoms with Crippen LogP contribution in [0.3, 0.4) is 0 Å². The highest BCUT2D eigenvalue weighted by Crippen LogP contribution is 2.34. The molecule has 4 aromatic rings. The third kappa shape index (κ3) is 5.33. The molecule has 3 heterocycles. The van der Waals surface area contributed by atoms with Gasteiger partial charge in [-0.05, 0) is 61.1 Å². The number of hydrogen-bond acceptors (Lipinski definition) is 6. The van der Waals surface area contributed by atoms with Crippen LogP contribution in [-0.4, -0.2) is 58.3 Å². The lowest BCUT2D eigenvalue weighted by Crippen LogP contribution is -2.27. The third-order valence-electron chi connectivity index (χ3n) is 6.36. The molecule has 0 spiro atoms. The third-order valence-corrected chi connectivity index (χ3v) is 6.36. The molecule has 8 heteroatoms. The number of carbonyl (C=O) groups excluding carboxylic acids is 1. The second-order valence-electron chi connectivity index (χ2n) is 8.77. The van der Waals surface area contributed by atoms with E-state index < -0.39 is 0 Å². The Labute approximate surface area is 210 Å². The zero-order valence-electron chi connectivity index (χ0n) is 20.7. The lowest BCUT2D eigenvalue weighted by Gasteiger charge is -2.19. The summed E-state index contributed by atoms with van der Waals surface area (Å²) in [6.45, 7) is 7.98. The Balaban J connectivity index is 1.32. The van der Waals surface area contributed by atoms with Crippen molar-refractivity contribution in [3.05, 3.63) is 72.1 Å². The summed E-state index contributed by atoms with van der Waals surface area (Å²) in [5, 5.41) is 7.82. The molecule has 0 bridgehead atoms. The van der Waals surface area contributed by atoms with Crippen molar-refractivity contribution in [2.75, 3.05) is 38.2 Å². The average Bonchev–Trinajstić information content (AvgIpc) is 3.31. The van der Waals surface area contributed by atoms with Gasteiger partial charge < -0.3 is 19.7 Å². The van der Waals surface area contributed by atoms with E-state index in [0.717, 1.165) is 59.3 Å². The minimum Gasteiger partial charge on any atom is -0.486 e. The number of nitrogens with zero attached hydrogens (tertiary/aromatic N) is 4. The number of hydrogen-bond donors (Lipinski definition) is 1. The van der Waals surface area contributed by atoms with Gasteiger partial charge in [0.15, 0.2) is 23.0 Å². The van der Waals surface area contributed by atoms with Gasteiger partial charge in [0.25, 0.3) is 0 Å². The van der Waals surface area contributed by atoms with Crippen LogP contribution in [0.25, 0.3) is 16.9 Å². The summed E-state index contributed by atoms with van der Waals surface area (Å²) < 4.78 is 13.3. The highest BCUT2D eigenvalue weighted by atomic mass is 16.6. The minimum atomic E-state index is 0.0222. The van der Waals surface area contributed by atoms with Crippen molar-refractivity contribution < 1.29 is 14.3 Å². The van der Waals surface area contributed by atoms with E-state index >= 15 is 0 Å². The van der Waals surface area contributed by atoms with Crippen molar-refractivity contribution in [3.63, 3.8) is 0 Å². The van der Waals surface area contributed by atoms with E-state index in [9.17, 15) is 4.79 Å². The summed E-state index contributed by atoms with van der Waals surface area (Å²) in [5.41, 5.74) is 4.51. The molecule has 2 aromatic heterocycles. The Bertz CT molecular complexity index is 1360. The van der Waals surface area contributed by atoms with Crippen LogP contribution >= 0.6 is 0 Å². The fourth-order valence-corrected chi connectivity index (χ4v) is 4.41. The maximum atomic E-state index is 12.4. The van der Waals surface area contributed by atoms with Gasteiger partial charge in [-0.15, -0.1) is 0 Å². The first kappa shape index (κ1) is 23.8. The van der Waals surface area contributed by atoms with E-state index in [2.05, 4.69) is 24.1 Å². The van der Waals surface area contributed by atoms with Crippen molar-refractivity contribution in [2.45, 2.75) is 26.7 Å². The quantitative estimate of drug-likeness (QED) is 0.378. The predicted molar refractivity (Wildman–Crippen MR) is 140 cm³/mol. The number of amides is 1. The molecule has 1 amide bonds. The SMILES string of the molecule is CCN(CC)CCC(=O)Nc1cccc(Cc2nc3cccc(-c4ccc5c(c4)OCCO5)n3n2)c1. The van der Waals surface area contributed by atoms with E-state index in [-0.39, 0.29) is 5.91 Å². The molecule has 0 atom stereocenters. The van der Waals surface area contributed by atoms with Crippen molar-refractivity contribution in [1.29, 1.82) is 0 Å². The van der Waals surface area contributed by atoms with Crippen molar-refractivity contribution in [3.8, 4) is 22.8 Å². The Kier molecular flexibility index (Phi) is 7.13. The van der Waals surface area contributed by atoms with Crippen molar-refractivity contribution in [2.24, 2.45) is 0 Å². The molecule has 36 heavy (non-hydrogen) atoms. The number of carbonyl (C=O) groups is 1. The number of nitrogens with one attached hydrogen (secondary N) is 1. The maximum absolute atomic E-state index is 12.4. The van der Waals surface area contributed by atoms with Gasteiger partial charge in [0.05, 0.1) is 5.69 Å². The molecule has 1 N–H and O–H groups in total. The Morgan fingerprint density at radius 1 is 1.00 bits per heavy atom. The second kappa shape index (κ2) is 10.8. The van der Waals surface area contributed by atoms with Crippen LogP contribution in [0, 0.1) is 0 Å². The number of rotatable bonds is 9. The van der Waals surface area contributed by atoms with E-state index in [1.165, 1.54) is 0 Å². The van der Waals surface area contributed by atoms with Gasteiger partial charge in [-0.1, -0.05) is 32.0 Å². The molecule has 0 aliphatic carbocycles. The fourth-order valence-electron chi connectivity index (χ4n) is 4.41. The molecule has 2 aromatic carbocycles. The molecule has 0 saturated heterocycles. The van der Waals surface area contributed by atoms with Gasteiger partial charge >= 0.3 is 0 Å². The molecule has 0 radical (unpaired) electrons. The zero-order chi connectivity index (χ0) is 24.9. The first-order valence-electron chi connectivity index (χ1n) is 12.5. The second-order valence-corrected chi connectivity index (χ2v) is 8.77. The zero-order valence-corrected chi connectivity index (χ0v) is 20.7. The summed E-state index contributed by atoms with van der Waals surface area (Å²) in [6.07, 6.45) is 1.04. The van der Waals surface area contributed by atoms with Gasteiger partial charge in [-0.25, -0.2) is 9.50 Å². The van der Waals surface area contributed by atoms with Gasteiger partial charge in [-0.2, -0.15) is 5.10 Å². The summed E-state index contributed by atoms with van der Waals surface area (Å²) in [4.78, 5) is 19.4. The van der Waals surface area contributed by atoms with Crippen LogP contribution in [0.2, 0.25) is 0 Å². The lowest BCUT2D eigenvalue weighted by atomic mass is 10.1. The monoisotopic (exact) mass is 485 g/mol. The molecule has 1 aliphatic rings. The highest BCUT2D eigenvalue weighted by Gasteiger charge is 2.15. The van der Waals surface area contributed by atoms with Gasteiger partial charge in [0.1, 0.15) is 13.2 Å². The van der Waals surface area contributed by atoms with E-state index in [1.54, 1.807) is 0 Å². The molecule has 0 unspecified atom stereocenters. The number of fused-ring (bicyclic) bond motifs is 2. The predicted octanol–water partition coefficient (Wildman–Crippen LogP) is 4.43. The summed E-state index contributed by atoms with van der Waals surface area (Å²) in [6, 6.07) is 19.8. The Hall–Kier alpha value is -3.91. The summed E-state index contributed by atoms with van der Waals surface area (Å²) in [5.74, 6) is 2.24. The van der Waals surface area contributed by atoms with Crippen molar-refractivity contribution >= 4 is 17.2 Å². The topological polar surface area (TPSA) is 81.0 Å². The fraction of sp³-hybridized carbons (Fsp3) is 0.321. The first-order valence-corrected chi connectivity index (χ1v) is 12.5. The molecular weight excluding hydrogens is 454 g/mol. The van der Waals surface area contributed by atoms with Crippen LogP contribution < -0.4 is 14.8 Å². The number of benzene rings is 2. The molecule has 0 fully saturated rings. The molecule has 1 aliphatic heterocycles. The number of aromatic nitrogens is 3. The first-order chi connectivity index (χ1) is 17.6. The smallest absolute Gasteiger partial charge is 0.225 e. The van der Waals surface area contributed by atoms with E-state index in [4.69, 9.17) is 19.6 Å². The molecule has 5 rings (SSSR count). The summed E-state index contributed by atoms with van der Waals surface area (Å²) in [7, 11) is 0. The summed E-state index contributed by atoms with van der Waals surface area (Å²) >= 11 is 0. The standard InChI is InChI=1S/C28H31N5O3/c1-3-32(4-2)14-13-28(34)29-22-8-5-7-20(17-22)18-26-30-27-10-6-9-23(33(27)31-26)21-11-12-24-25(19-21)36-16-15-35-24/h5-12,17,19H,3-4,13-16,18H2,1-2H3,(H,29,34). The largest absolute Gasteiger partial charge is 0.486 e. The van der Waals surface area contributed by atoms with Crippen LogP contribution in [-0.2, 0) is 11.2 Å². The highest BCUT2D eigenvalue weighted by molar-refractivity contribution is 5.90. The van der Waals surface area contributed by atoms with Gasteiger partial charge in [-0.3, -0.25) is 4.79 Å². The Morgan fingerprint density at radius 2 is 1.81 bits per heavy atom. The van der Waals surface area contributed by atoms with E-state index in [0.29, 0.717) is 31.9 Å². The minimum absolute atomic E-state index is 0.0222. The number of anilines is 1. The lowest BCUT2D eigenvalue weighted by molar-refractivity contribution is -0.116. The number of ether oxygens (including phenoxy) is 2. The molecule has 0 saturated carbocycles. The van der Waals surface area contributed by atoms with E-state index in [1.807, 2.05) is 65.2 Å². The van der Waals surface area contributed by atoms with Gasteiger partial charge in [0, 0.05) is 30.6 Å². The van der Waals surface area contributed by atoms with Crippen LogP contribution in [0.4, 0.5) is 5.69 Å². The maximum Gasteiger partial charge on any atom is 0.225 e.